The fourth-order valence-corrected chi connectivity index (χ4v) is 2.90. The van der Waals surface area contributed by atoms with Crippen molar-refractivity contribution in [2.45, 2.75) is 57.2 Å². The summed E-state index contributed by atoms with van der Waals surface area (Å²) in [6.07, 6.45) is 2.95. The van der Waals surface area contributed by atoms with Crippen LogP contribution in [-0.4, -0.2) is 30.4 Å². The summed E-state index contributed by atoms with van der Waals surface area (Å²) in [4.78, 5) is 0. The Morgan fingerprint density at radius 3 is 2.74 bits per heavy atom. The first-order valence-electron chi connectivity index (χ1n) is 7.16. The first kappa shape index (κ1) is 14.4. The molecular weight excluding hydrogens is 238 g/mol. The van der Waals surface area contributed by atoms with Gasteiger partial charge < -0.3 is 15.2 Å². The van der Waals surface area contributed by atoms with Crippen LogP contribution in [0.5, 0.6) is 5.75 Å². The standard InChI is InChI=1S/C16H25NO2/c1-11(7-12(2)18)17-15-8-14(9-15)13-5-4-6-16(10-13)19-3/h4-6,10-12,14-15,17-18H,7-9H2,1-3H3. The minimum Gasteiger partial charge on any atom is -0.497 e. The number of aliphatic hydroxyl groups excluding tert-OH is 1. The molecule has 2 atom stereocenters. The number of methoxy groups -OCH3 is 1. The van der Waals surface area contributed by atoms with E-state index in [-0.39, 0.29) is 6.10 Å². The maximum atomic E-state index is 9.36. The van der Waals surface area contributed by atoms with E-state index in [1.165, 1.54) is 18.4 Å². The van der Waals surface area contributed by atoms with Crippen LogP contribution in [0.25, 0.3) is 0 Å². The zero-order chi connectivity index (χ0) is 13.8. The quantitative estimate of drug-likeness (QED) is 0.829. The molecule has 3 nitrogen and oxygen atoms in total. The highest BCUT2D eigenvalue weighted by Gasteiger charge is 2.31. The first-order chi connectivity index (χ1) is 9.08. The number of benzene rings is 1. The number of nitrogens with one attached hydrogen (secondary N) is 1. The second kappa shape index (κ2) is 6.40. The Morgan fingerprint density at radius 1 is 1.37 bits per heavy atom. The number of hydrogen-bond acceptors (Lipinski definition) is 3. The van der Waals surface area contributed by atoms with E-state index in [0.717, 1.165) is 12.2 Å². The molecule has 2 unspecified atom stereocenters. The van der Waals surface area contributed by atoms with Crippen molar-refractivity contribution in [1.29, 1.82) is 0 Å². The van der Waals surface area contributed by atoms with Gasteiger partial charge in [-0.3, -0.25) is 0 Å². The molecule has 1 aromatic carbocycles. The zero-order valence-electron chi connectivity index (χ0n) is 12.1. The summed E-state index contributed by atoms with van der Waals surface area (Å²) >= 11 is 0. The van der Waals surface area contributed by atoms with E-state index >= 15 is 0 Å². The third kappa shape index (κ3) is 3.95. The average molecular weight is 263 g/mol. The van der Waals surface area contributed by atoms with Gasteiger partial charge in [0.05, 0.1) is 13.2 Å². The van der Waals surface area contributed by atoms with Crippen LogP contribution >= 0.6 is 0 Å². The first-order valence-corrected chi connectivity index (χ1v) is 7.16. The van der Waals surface area contributed by atoms with Gasteiger partial charge in [-0.15, -0.1) is 0 Å². The predicted octanol–water partition coefficient (Wildman–Crippen LogP) is 2.69. The summed E-state index contributed by atoms with van der Waals surface area (Å²) in [7, 11) is 1.71. The molecule has 3 heteroatoms. The third-order valence-electron chi connectivity index (χ3n) is 3.92. The van der Waals surface area contributed by atoms with Crippen LogP contribution in [0.1, 0.15) is 44.6 Å². The molecule has 2 rings (SSSR count). The molecule has 1 saturated carbocycles. The topological polar surface area (TPSA) is 41.5 Å². The van der Waals surface area contributed by atoms with Crippen molar-refractivity contribution in [3.05, 3.63) is 29.8 Å². The summed E-state index contributed by atoms with van der Waals surface area (Å²) in [6, 6.07) is 9.34. The van der Waals surface area contributed by atoms with E-state index in [1.807, 2.05) is 13.0 Å². The molecule has 0 aromatic heterocycles. The highest BCUT2D eigenvalue weighted by atomic mass is 16.5. The van der Waals surface area contributed by atoms with Crippen LogP contribution in [0.3, 0.4) is 0 Å². The van der Waals surface area contributed by atoms with E-state index in [1.54, 1.807) is 7.11 Å². The van der Waals surface area contributed by atoms with Crippen molar-refractivity contribution >= 4 is 0 Å². The lowest BCUT2D eigenvalue weighted by molar-refractivity contribution is 0.159. The SMILES string of the molecule is COc1cccc(C2CC(NC(C)CC(C)O)C2)c1. The molecule has 1 fully saturated rings. The third-order valence-corrected chi connectivity index (χ3v) is 3.92. The van der Waals surface area contributed by atoms with Crippen molar-refractivity contribution in [2.24, 2.45) is 0 Å². The summed E-state index contributed by atoms with van der Waals surface area (Å²) < 4.78 is 5.27. The molecule has 0 saturated heterocycles. The fraction of sp³-hybridized carbons (Fsp3) is 0.625. The Morgan fingerprint density at radius 2 is 2.11 bits per heavy atom. The normalized spacial score (nSPS) is 25.5. The van der Waals surface area contributed by atoms with Crippen LogP contribution < -0.4 is 10.1 Å². The van der Waals surface area contributed by atoms with Crippen molar-refractivity contribution < 1.29 is 9.84 Å². The van der Waals surface area contributed by atoms with Crippen LogP contribution in [-0.2, 0) is 0 Å². The lowest BCUT2D eigenvalue weighted by atomic mass is 9.75. The van der Waals surface area contributed by atoms with Gasteiger partial charge >= 0.3 is 0 Å². The molecule has 0 aliphatic heterocycles. The Labute approximate surface area is 116 Å². The Kier molecular flexibility index (Phi) is 4.83. The van der Waals surface area contributed by atoms with Gasteiger partial charge in [0.1, 0.15) is 5.75 Å². The molecule has 0 heterocycles. The molecule has 0 bridgehead atoms. The fourth-order valence-electron chi connectivity index (χ4n) is 2.90. The Bertz CT molecular complexity index is 399. The lowest BCUT2D eigenvalue weighted by Crippen LogP contribution is -2.45. The van der Waals surface area contributed by atoms with Gasteiger partial charge in [0, 0.05) is 12.1 Å². The smallest absolute Gasteiger partial charge is 0.119 e. The van der Waals surface area contributed by atoms with Gasteiger partial charge in [-0.1, -0.05) is 12.1 Å². The van der Waals surface area contributed by atoms with Gasteiger partial charge in [0.2, 0.25) is 0 Å². The largest absolute Gasteiger partial charge is 0.497 e. The van der Waals surface area contributed by atoms with Gasteiger partial charge in [-0.25, -0.2) is 0 Å². The predicted molar refractivity (Wildman–Crippen MR) is 77.7 cm³/mol. The van der Waals surface area contributed by atoms with Crippen molar-refractivity contribution in [3.63, 3.8) is 0 Å². The van der Waals surface area contributed by atoms with E-state index in [2.05, 4.69) is 30.4 Å². The molecule has 1 aromatic rings. The van der Waals surface area contributed by atoms with E-state index in [0.29, 0.717) is 18.0 Å². The van der Waals surface area contributed by atoms with Crippen molar-refractivity contribution in [1.82, 2.24) is 5.32 Å². The molecule has 19 heavy (non-hydrogen) atoms. The number of rotatable bonds is 6. The number of aliphatic hydroxyl groups is 1. The highest BCUT2D eigenvalue weighted by molar-refractivity contribution is 5.32. The van der Waals surface area contributed by atoms with Gasteiger partial charge in [-0.05, 0) is 56.7 Å². The number of hydrogen-bond donors (Lipinski definition) is 2. The summed E-state index contributed by atoms with van der Waals surface area (Å²) in [5.41, 5.74) is 1.38. The molecule has 0 spiro atoms. The second-order valence-electron chi connectivity index (χ2n) is 5.79. The minimum absolute atomic E-state index is 0.225. The van der Waals surface area contributed by atoms with E-state index in [9.17, 15) is 5.11 Å². The van der Waals surface area contributed by atoms with Crippen molar-refractivity contribution in [3.8, 4) is 5.75 Å². The van der Waals surface area contributed by atoms with Crippen LogP contribution in [0.15, 0.2) is 24.3 Å². The molecule has 106 valence electrons. The van der Waals surface area contributed by atoms with Crippen LogP contribution in [0, 0.1) is 0 Å². The summed E-state index contributed by atoms with van der Waals surface area (Å²) in [5, 5.41) is 12.9. The molecular formula is C16H25NO2. The zero-order valence-corrected chi connectivity index (χ0v) is 12.1. The molecule has 1 aliphatic rings. The lowest BCUT2D eigenvalue weighted by Gasteiger charge is -2.38. The molecule has 1 aliphatic carbocycles. The second-order valence-corrected chi connectivity index (χ2v) is 5.79. The average Bonchev–Trinajstić information content (AvgIpc) is 2.32. The van der Waals surface area contributed by atoms with Crippen LogP contribution in [0.4, 0.5) is 0 Å². The summed E-state index contributed by atoms with van der Waals surface area (Å²) in [6.45, 7) is 3.99. The molecule has 2 N–H and O–H groups in total. The Balaban J connectivity index is 1.79. The number of ether oxygens (including phenoxy) is 1. The monoisotopic (exact) mass is 263 g/mol. The van der Waals surface area contributed by atoms with Gasteiger partial charge in [-0.2, -0.15) is 0 Å². The maximum Gasteiger partial charge on any atom is 0.119 e. The molecule has 0 radical (unpaired) electrons. The minimum atomic E-state index is -0.225. The van der Waals surface area contributed by atoms with Gasteiger partial charge in [0.15, 0.2) is 0 Å². The van der Waals surface area contributed by atoms with Gasteiger partial charge in [0.25, 0.3) is 0 Å². The van der Waals surface area contributed by atoms with Crippen LogP contribution in [0.2, 0.25) is 0 Å². The molecule has 0 amide bonds. The van der Waals surface area contributed by atoms with Crippen molar-refractivity contribution in [2.75, 3.05) is 7.11 Å². The summed E-state index contributed by atoms with van der Waals surface area (Å²) in [5.74, 6) is 1.59. The maximum absolute atomic E-state index is 9.36. The highest BCUT2D eigenvalue weighted by Crippen LogP contribution is 2.38. The van der Waals surface area contributed by atoms with E-state index in [4.69, 9.17) is 4.74 Å². The Hall–Kier alpha value is -1.06. The van der Waals surface area contributed by atoms with E-state index < -0.39 is 0 Å².